The van der Waals surface area contributed by atoms with Gasteiger partial charge in [0.15, 0.2) is 5.78 Å². The van der Waals surface area contributed by atoms with E-state index in [2.05, 4.69) is 25.7 Å². The van der Waals surface area contributed by atoms with E-state index in [1.54, 1.807) is 0 Å². The summed E-state index contributed by atoms with van der Waals surface area (Å²) in [5, 5.41) is 0. The van der Waals surface area contributed by atoms with Crippen LogP contribution in [0.5, 0.6) is 0 Å². The monoisotopic (exact) mass is 281 g/mol. The van der Waals surface area contributed by atoms with Gasteiger partial charge < -0.3 is 4.74 Å². The lowest BCUT2D eigenvalue weighted by Gasteiger charge is -2.37. The Morgan fingerprint density at radius 2 is 1.75 bits per heavy atom. The van der Waals surface area contributed by atoms with Crippen LogP contribution in [0.15, 0.2) is 0 Å². The third-order valence-electron chi connectivity index (χ3n) is 5.18. The van der Waals surface area contributed by atoms with Crippen LogP contribution in [0.3, 0.4) is 0 Å². The molecule has 3 heteroatoms. The zero-order valence-corrected chi connectivity index (χ0v) is 13.9. The van der Waals surface area contributed by atoms with Crippen molar-refractivity contribution in [3.8, 4) is 0 Å². The molecule has 0 radical (unpaired) electrons. The lowest BCUT2D eigenvalue weighted by atomic mass is 9.84. The van der Waals surface area contributed by atoms with Crippen molar-refractivity contribution in [1.29, 1.82) is 0 Å². The maximum atomic E-state index is 12.6. The Bertz CT molecular complexity index is 356. The molecule has 1 aliphatic carbocycles. The molecule has 1 saturated carbocycles. The first-order valence-electron chi connectivity index (χ1n) is 8.26. The van der Waals surface area contributed by atoms with E-state index in [0.29, 0.717) is 6.04 Å². The van der Waals surface area contributed by atoms with Crippen molar-refractivity contribution in [3.05, 3.63) is 0 Å². The van der Waals surface area contributed by atoms with Crippen molar-refractivity contribution in [2.24, 2.45) is 5.92 Å². The number of carbonyl (C=O) groups excluding carboxylic acids is 1. The molecule has 1 saturated heterocycles. The quantitative estimate of drug-likeness (QED) is 0.791. The molecular weight excluding hydrogens is 250 g/mol. The zero-order chi connectivity index (χ0) is 15.0. The zero-order valence-electron chi connectivity index (χ0n) is 13.9. The van der Waals surface area contributed by atoms with Crippen LogP contribution in [0.4, 0.5) is 0 Å². The second-order valence-electron chi connectivity index (χ2n) is 7.51. The molecule has 0 amide bonds. The fraction of sp³-hybridized carbons (Fsp3) is 0.941. The molecule has 1 heterocycles. The number of hydrogen-bond donors (Lipinski definition) is 0. The summed E-state index contributed by atoms with van der Waals surface area (Å²) in [6.07, 6.45) is 6.63. The maximum absolute atomic E-state index is 12.6. The minimum atomic E-state index is -0.625. The molecule has 0 spiro atoms. The molecule has 0 N–H and O–H groups in total. The van der Waals surface area contributed by atoms with Crippen LogP contribution in [-0.4, -0.2) is 41.0 Å². The van der Waals surface area contributed by atoms with Gasteiger partial charge in [0.2, 0.25) is 0 Å². The summed E-state index contributed by atoms with van der Waals surface area (Å²) in [7, 11) is 0. The highest BCUT2D eigenvalue weighted by Gasteiger charge is 2.53. The van der Waals surface area contributed by atoms with Crippen LogP contribution < -0.4 is 0 Å². The van der Waals surface area contributed by atoms with Crippen LogP contribution in [0.25, 0.3) is 0 Å². The van der Waals surface area contributed by atoms with Gasteiger partial charge >= 0.3 is 0 Å². The molecule has 3 nitrogen and oxygen atoms in total. The topological polar surface area (TPSA) is 29.5 Å². The van der Waals surface area contributed by atoms with Gasteiger partial charge in [-0.15, -0.1) is 0 Å². The van der Waals surface area contributed by atoms with Crippen molar-refractivity contribution in [1.82, 2.24) is 4.90 Å². The summed E-state index contributed by atoms with van der Waals surface area (Å²) in [5.74, 6) is 0.274. The van der Waals surface area contributed by atoms with Gasteiger partial charge in [-0.1, -0.05) is 26.2 Å². The van der Waals surface area contributed by atoms with E-state index in [0.717, 1.165) is 13.1 Å². The van der Waals surface area contributed by atoms with Crippen LogP contribution in [0, 0.1) is 5.92 Å². The van der Waals surface area contributed by atoms with E-state index in [1.165, 1.54) is 32.1 Å². The van der Waals surface area contributed by atoms with E-state index in [-0.39, 0.29) is 17.3 Å². The fourth-order valence-corrected chi connectivity index (χ4v) is 4.03. The third-order valence-corrected chi connectivity index (χ3v) is 5.18. The van der Waals surface area contributed by atoms with Crippen molar-refractivity contribution in [3.63, 3.8) is 0 Å². The number of ether oxygens (including phenoxy) is 1. The Morgan fingerprint density at radius 1 is 1.15 bits per heavy atom. The minimum absolute atomic E-state index is 0.000577. The van der Waals surface area contributed by atoms with Crippen molar-refractivity contribution in [2.75, 3.05) is 13.1 Å². The Hall–Kier alpha value is -0.410. The minimum Gasteiger partial charge on any atom is -0.361 e. The first-order valence-corrected chi connectivity index (χ1v) is 8.26. The van der Waals surface area contributed by atoms with E-state index in [1.807, 2.05) is 13.8 Å². The summed E-state index contributed by atoms with van der Waals surface area (Å²) in [5.41, 5.74) is -0.969. The molecule has 116 valence electrons. The van der Waals surface area contributed by atoms with E-state index >= 15 is 0 Å². The van der Waals surface area contributed by atoms with Crippen molar-refractivity contribution >= 4 is 5.78 Å². The normalized spacial score (nSPS) is 30.1. The molecule has 0 bridgehead atoms. The predicted molar refractivity (Wildman–Crippen MR) is 81.9 cm³/mol. The van der Waals surface area contributed by atoms with Gasteiger partial charge in [0.1, 0.15) is 5.60 Å². The van der Waals surface area contributed by atoms with Gasteiger partial charge in [-0.2, -0.15) is 0 Å². The number of nitrogens with zero attached hydrogens (tertiary/aromatic N) is 1. The highest BCUT2D eigenvalue weighted by atomic mass is 16.5. The Kier molecular flexibility index (Phi) is 4.60. The van der Waals surface area contributed by atoms with Gasteiger partial charge in [-0.25, -0.2) is 0 Å². The van der Waals surface area contributed by atoms with E-state index in [9.17, 15) is 4.79 Å². The number of Topliss-reactive ketones (excluding diaryl/α,β-unsaturated/α-hetero) is 1. The van der Waals surface area contributed by atoms with Crippen LogP contribution in [0.1, 0.15) is 66.7 Å². The lowest BCUT2D eigenvalue weighted by Crippen LogP contribution is -2.45. The highest BCUT2D eigenvalue weighted by Crippen LogP contribution is 2.40. The second kappa shape index (κ2) is 5.76. The van der Waals surface area contributed by atoms with Gasteiger partial charge in [0, 0.05) is 12.6 Å². The SMILES string of the molecule is CCN(CC1C(=O)C(C)(C)OC1(C)C)C1CCCCC1. The molecular formula is C17H31NO2. The number of hydrogen-bond acceptors (Lipinski definition) is 3. The fourth-order valence-electron chi connectivity index (χ4n) is 4.03. The maximum Gasteiger partial charge on any atom is 0.171 e. The molecule has 0 aromatic rings. The standard InChI is InChI=1S/C17H31NO2/c1-6-18(13-10-8-7-9-11-13)12-14-15(19)17(4,5)20-16(14,2)3/h13-14H,6-12H2,1-5H3. The number of rotatable bonds is 4. The molecule has 2 fully saturated rings. The molecule has 2 rings (SSSR count). The Labute approximate surface area is 124 Å². The second-order valence-corrected chi connectivity index (χ2v) is 7.51. The van der Waals surface area contributed by atoms with Crippen molar-refractivity contribution < 1.29 is 9.53 Å². The molecule has 0 aromatic heterocycles. The summed E-state index contributed by atoms with van der Waals surface area (Å²) in [6, 6.07) is 0.668. The van der Waals surface area contributed by atoms with Gasteiger partial charge in [0.05, 0.1) is 11.5 Å². The van der Waals surface area contributed by atoms with Gasteiger partial charge in [-0.3, -0.25) is 9.69 Å². The van der Waals surface area contributed by atoms with E-state index in [4.69, 9.17) is 4.74 Å². The van der Waals surface area contributed by atoms with Crippen molar-refractivity contribution in [2.45, 2.75) is 84.0 Å². The average molecular weight is 281 g/mol. The van der Waals surface area contributed by atoms with Crippen LogP contribution in [0.2, 0.25) is 0 Å². The average Bonchev–Trinajstić information content (AvgIpc) is 2.53. The molecule has 20 heavy (non-hydrogen) atoms. The predicted octanol–water partition coefficient (Wildman–Crippen LogP) is 3.41. The Morgan fingerprint density at radius 3 is 2.20 bits per heavy atom. The molecule has 2 aliphatic rings. The number of ketones is 1. The van der Waals surface area contributed by atoms with E-state index < -0.39 is 5.60 Å². The highest BCUT2D eigenvalue weighted by molar-refractivity contribution is 5.91. The molecule has 0 aromatic carbocycles. The van der Waals surface area contributed by atoms with Gasteiger partial charge in [0.25, 0.3) is 0 Å². The molecule has 1 atom stereocenters. The summed E-state index contributed by atoms with van der Waals surface area (Å²) in [4.78, 5) is 15.1. The third kappa shape index (κ3) is 3.09. The van der Waals surface area contributed by atoms with Crippen LogP contribution >= 0.6 is 0 Å². The summed E-state index contributed by atoms with van der Waals surface area (Å²) in [6.45, 7) is 12.1. The lowest BCUT2D eigenvalue weighted by molar-refractivity contribution is -0.132. The van der Waals surface area contributed by atoms with Gasteiger partial charge in [-0.05, 0) is 47.1 Å². The molecule has 1 aliphatic heterocycles. The first kappa shape index (κ1) is 16.0. The molecule has 1 unspecified atom stereocenters. The smallest absolute Gasteiger partial charge is 0.171 e. The Balaban J connectivity index is 2.08. The summed E-state index contributed by atoms with van der Waals surface area (Å²) < 4.78 is 6.02. The largest absolute Gasteiger partial charge is 0.361 e. The van der Waals surface area contributed by atoms with Crippen LogP contribution in [-0.2, 0) is 9.53 Å². The first-order chi connectivity index (χ1) is 9.28. The number of carbonyl (C=O) groups is 1. The summed E-state index contributed by atoms with van der Waals surface area (Å²) >= 11 is 0.